The van der Waals surface area contributed by atoms with Gasteiger partial charge in [0.15, 0.2) is 5.54 Å². The molecule has 1 heterocycles. The van der Waals surface area contributed by atoms with Gasteiger partial charge in [0.25, 0.3) is 0 Å². The molecular formula is C12H22F3N3O. The van der Waals surface area contributed by atoms with Crippen molar-refractivity contribution < 1.29 is 18.0 Å². The highest BCUT2D eigenvalue weighted by molar-refractivity contribution is 5.86. The molecule has 0 bridgehead atoms. The number of hydrogen-bond acceptors (Lipinski definition) is 3. The van der Waals surface area contributed by atoms with Crippen molar-refractivity contribution in [3.05, 3.63) is 0 Å². The predicted octanol–water partition coefficient (Wildman–Crippen LogP) is 1.26. The molecule has 0 aromatic rings. The van der Waals surface area contributed by atoms with Crippen LogP contribution in [0.15, 0.2) is 0 Å². The normalized spacial score (nSPS) is 21.5. The van der Waals surface area contributed by atoms with Crippen LogP contribution in [0.25, 0.3) is 0 Å². The number of nitrogens with one attached hydrogen (secondary N) is 1. The molecule has 0 radical (unpaired) electrons. The van der Waals surface area contributed by atoms with Crippen molar-refractivity contribution in [1.29, 1.82) is 0 Å². The number of likely N-dealkylation sites (tertiary alicyclic amines) is 1. The van der Waals surface area contributed by atoms with E-state index in [2.05, 4.69) is 10.2 Å². The van der Waals surface area contributed by atoms with Crippen LogP contribution in [0.3, 0.4) is 0 Å². The summed E-state index contributed by atoms with van der Waals surface area (Å²) in [6.07, 6.45) is -0.147. The maximum Gasteiger partial charge on any atom is 0.415 e. The van der Waals surface area contributed by atoms with E-state index in [1.165, 1.54) is 12.8 Å². The third-order valence-electron chi connectivity index (χ3n) is 3.47. The minimum absolute atomic E-state index is 0.196. The van der Waals surface area contributed by atoms with Gasteiger partial charge in [0, 0.05) is 13.1 Å². The second-order valence-corrected chi connectivity index (χ2v) is 5.21. The number of nitrogens with zero attached hydrogens (tertiary/aromatic N) is 1. The van der Waals surface area contributed by atoms with Crippen molar-refractivity contribution in [1.82, 2.24) is 10.2 Å². The Labute approximate surface area is 111 Å². The Bertz CT molecular complexity index is 297. The van der Waals surface area contributed by atoms with Crippen LogP contribution in [-0.2, 0) is 4.79 Å². The minimum Gasteiger partial charge on any atom is -0.353 e. The molecule has 112 valence electrons. The molecule has 7 heteroatoms. The van der Waals surface area contributed by atoms with Crippen molar-refractivity contribution >= 4 is 5.91 Å². The molecule has 3 N–H and O–H groups in total. The Kier molecular flexibility index (Phi) is 5.61. The summed E-state index contributed by atoms with van der Waals surface area (Å²) in [6, 6.07) is 0. The number of halogens is 3. The Balaban J connectivity index is 2.34. The lowest BCUT2D eigenvalue weighted by molar-refractivity contribution is -0.187. The first-order valence-electron chi connectivity index (χ1n) is 6.61. The van der Waals surface area contributed by atoms with Gasteiger partial charge in [-0.3, -0.25) is 4.79 Å². The molecule has 0 spiro atoms. The van der Waals surface area contributed by atoms with Crippen LogP contribution >= 0.6 is 0 Å². The van der Waals surface area contributed by atoms with E-state index in [1.807, 2.05) is 0 Å². The monoisotopic (exact) mass is 281 g/mol. The minimum atomic E-state index is -4.74. The lowest BCUT2D eigenvalue weighted by Gasteiger charge is -2.27. The SMILES string of the molecule is CC(N)(C(=O)NCCN1CCCCCC1)C(F)(F)F. The fourth-order valence-electron chi connectivity index (χ4n) is 2.00. The number of nitrogens with two attached hydrogens (primary N) is 1. The number of hydrogen-bond donors (Lipinski definition) is 2. The third-order valence-corrected chi connectivity index (χ3v) is 3.47. The van der Waals surface area contributed by atoms with Crippen LogP contribution in [0.5, 0.6) is 0 Å². The molecule has 1 saturated heterocycles. The fourth-order valence-corrected chi connectivity index (χ4v) is 2.00. The van der Waals surface area contributed by atoms with Gasteiger partial charge in [-0.1, -0.05) is 12.8 Å². The molecular weight excluding hydrogens is 259 g/mol. The van der Waals surface area contributed by atoms with Crippen molar-refractivity contribution in [3.8, 4) is 0 Å². The van der Waals surface area contributed by atoms with Crippen LogP contribution in [0, 0.1) is 0 Å². The van der Waals surface area contributed by atoms with E-state index in [4.69, 9.17) is 5.73 Å². The standard InChI is InChI=1S/C12H22F3N3O/c1-11(16,12(13,14)15)10(19)17-6-9-18-7-4-2-3-5-8-18/h2-9,16H2,1H3,(H,17,19). The zero-order valence-electron chi connectivity index (χ0n) is 11.2. The summed E-state index contributed by atoms with van der Waals surface area (Å²) in [6.45, 7) is 3.33. The number of rotatable bonds is 4. The first kappa shape index (κ1) is 16.2. The highest BCUT2D eigenvalue weighted by Gasteiger charge is 2.53. The molecule has 0 aliphatic carbocycles. The molecule has 1 unspecified atom stereocenters. The average molecular weight is 281 g/mol. The van der Waals surface area contributed by atoms with Crippen molar-refractivity contribution in [2.75, 3.05) is 26.2 Å². The second kappa shape index (κ2) is 6.56. The smallest absolute Gasteiger partial charge is 0.353 e. The van der Waals surface area contributed by atoms with Crippen LogP contribution < -0.4 is 11.1 Å². The largest absolute Gasteiger partial charge is 0.415 e. The van der Waals surface area contributed by atoms with Gasteiger partial charge in [0.1, 0.15) is 0 Å². The van der Waals surface area contributed by atoms with Gasteiger partial charge in [0.05, 0.1) is 0 Å². The van der Waals surface area contributed by atoms with Gasteiger partial charge in [0.2, 0.25) is 5.91 Å². The molecule has 1 fully saturated rings. The molecule has 1 amide bonds. The summed E-state index contributed by atoms with van der Waals surface area (Å²) < 4.78 is 37.6. The van der Waals surface area contributed by atoms with E-state index in [0.717, 1.165) is 25.9 Å². The molecule has 0 saturated carbocycles. The third kappa shape index (κ3) is 4.65. The molecule has 1 rings (SSSR count). The Hall–Kier alpha value is -0.820. The summed E-state index contributed by atoms with van der Waals surface area (Å²) in [5.74, 6) is -1.17. The van der Waals surface area contributed by atoms with Gasteiger partial charge < -0.3 is 16.0 Å². The van der Waals surface area contributed by atoms with E-state index in [-0.39, 0.29) is 6.54 Å². The summed E-state index contributed by atoms with van der Waals surface area (Å²) in [5, 5.41) is 2.27. The Morgan fingerprint density at radius 2 is 1.74 bits per heavy atom. The van der Waals surface area contributed by atoms with E-state index in [9.17, 15) is 18.0 Å². The lowest BCUT2D eigenvalue weighted by Crippen LogP contribution is -2.61. The molecule has 19 heavy (non-hydrogen) atoms. The molecule has 4 nitrogen and oxygen atoms in total. The highest BCUT2D eigenvalue weighted by Crippen LogP contribution is 2.27. The maximum atomic E-state index is 12.5. The van der Waals surface area contributed by atoms with E-state index in [0.29, 0.717) is 13.5 Å². The summed E-state index contributed by atoms with van der Waals surface area (Å²) in [7, 11) is 0. The van der Waals surface area contributed by atoms with Gasteiger partial charge in [-0.25, -0.2) is 0 Å². The van der Waals surface area contributed by atoms with Gasteiger partial charge in [-0.2, -0.15) is 13.2 Å². The topological polar surface area (TPSA) is 58.4 Å². The van der Waals surface area contributed by atoms with Crippen LogP contribution in [0.1, 0.15) is 32.6 Å². The van der Waals surface area contributed by atoms with E-state index in [1.54, 1.807) is 0 Å². The Morgan fingerprint density at radius 1 is 1.21 bits per heavy atom. The number of carbonyl (C=O) groups excluding carboxylic acids is 1. The van der Waals surface area contributed by atoms with E-state index >= 15 is 0 Å². The zero-order valence-corrected chi connectivity index (χ0v) is 11.2. The van der Waals surface area contributed by atoms with Crippen LogP contribution in [0.2, 0.25) is 0 Å². The molecule has 0 aromatic carbocycles. The fraction of sp³-hybridized carbons (Fsp3) is 0.917. The van der Waals surface area contributed by atoms with Crippen molar-refractivity contribution in [2.24, 2.45) is 5.73 Å². The highest BCUT2D eigenvalue weighted by atomic mass is 19.4. The molecule has 1 aliphatic rings. The van der Waals surface area contributed by atoms with Crippen molar-refractivity contribution in [2.45, 2.75) is 44.3 Å². The second-order valence-electron chi connectivity index (χ2n) is 5.21. The molecule has 1 aliphatic heterocycles. The number of alkyl halides is 3. The van der Waals surface area contributed by atoms with Crippen LogP contribution in [0.4, 0.5) is 13.2 Å². The quantitative estimate of drug-likeness (QED) is 0.815. The number of amides is 1. The molecule has 1 atom stereocenters. The number of carbonyl (C=O) groups is 1. The predicted molar refractivity (Wildman–Crippen MR) is 66.6 cm³/mol. The molecule has 0 aromatic heterocycles. The van der Waals surface area contributed by atoms with E-state index < -0.39 is 17.6 Å². The Morgan fingerprint density at radius 3 is 2.21 bits per heavy atom. The van der Waals surface area contributed by atoms with Crippen LogP contribution in [-0.4, -0.2) is 48.7 Å². The summed E-state index contributed by atoms with van der Waals surface area (Å²) in [4.78, 5) is 13.6. The summed E-state index contributed by atoms with van der Waals surface area (Å²) >= 11 is 0. The average Bonchev–Trinajstić information content (AvgIpc) is 2.56. The van der Waals surface area contributed by atoms with Gasteiger partial charge in [-0.05, 0) is 32.9 Å². The van der Waals surface area contributed by atoms with Gasteiger partial charge in [-0.15, -0.1) is 0 Å². The summed E-state index contributed by atoms with van der Waals surface area (Å²) in [5.41, 5.74) is 2.20. The maximum absolute atomic E-state index is 12.5. The lowest BCUT2D eigenvalue weighted by atomic mass is 10.0. The zero-order chi connectivity index (χ0) is 14.5. The first-order chi connectivity index (χ1) is 8.75. The van der Waals surface area contributed by atoms with Crippen molar-refractivity contribution in [3.63, 3.8) is 0 Å². The van der Waals surface area contributed by atoms with Gasteiger partial charge >= 0.3 is 6.18 Å². The first-order valence-corrected chi connectivity index (χ1v) is 6.61.